The van der Waals surface area contributed by atoms with Crippen LogP contribution in [-0.2, 0) is 67.0 Å². The normalized spacial score (nSPS) is 26.2. The lowest BCUT2D eigenvalue weighted by atomic mass is 9.83. The van der Waals surface area contributed by atoms with Crippen molar-refractivity contribution in [1.82, 2.24) is 33.6 Å². The maximum atomic E-state index is 13.1. The van der Waals surface area contributed by atoms with Crippen LogP contribution in [0.1, 0.15) is 198 Å². The van der Waals surface area contributed by atoms with Crippen molar-refractivity contribution in [3.63, 3.8) is 0 Å². The number of nitrogens with one attached hydrogen (secondary N) is 4. The van der Waals surface area contributed by atoms with E-state index in [-0.39, 0.29) is 62.3 Å². The van der Waals surface area contributed by atoms with Crippen molar-refractivity contribution in [3.05, 3.63) is 108 Å². The number of fused-ring (bicyclic) bond motifs is 6. The van der Waals surface area contributed by atoms with E-state index < -0.39 is 43.0 Å². The highest BCUT2D eigenvalue weighted by atomic mass is 32.2. The highest BCUT2D eigenvalue weighted by Gasteiger charge is 2.49. The minimum absolute atomic E-state index is 0.0668. The fourth-order valence-corrected chi connectivity index (χ4v) is 18.0. The topological polar surface area (TPSA) is 169 Å². The molecule has 3 aromatic rings. The van der Waals surface area contributed by atoms with Crippen LogP contribution in [0.15, 0.2) is 91.0 Å². The summed E-state index contributed by atoms with van der Waals surface area (Å²) in [6, 6.07) is 33.8. The summed E-state index contributed by atoms with van der Waals surface area (Å²) in [4.78, 5) is 16.0. The lowest BCUT2D eigenvalue weighted by Gasteiger charge is -2.41. The van der Waals surface area contributed by atoms with Crippen molar-refractivity contribution in [2.75, 3.05) is 33.5 Å². The molecule has 6 bridgehead atoms. The van der Waals surface area contributed by atoms with Gasteiger partial charge in [-0.25, -0.2) is 40.0 Å². The van der Waals surface area contributed by atoms with Crippen molar-refractivity contribution in [1.29, 1.82) is 0 Å². The second-order valence-electron chi connectivity index (χ2n) is 27.3. The molecule has 6 aliphatic heterocycles. The molecule has 0 spiro atoms. The monoisotopic (exact) mass is 1290 g/mol. The molecule has 0 radical (unpaired) electrons. The van der Waals surface area contributed by atoms with E-state index in [2.05, 4.69) is 86.2 Å². The van der Waals surface area contributed by atoms with E-state index >= 15 is 0 Å². The van der Waals surface area contributed by atoms with Gasteiger partial charge in [0.05, 0.1) is 60.1 Å². The Hall–Kier alpha value is -2.91. The number of hydrogen-bond donors (Lipinski definition) is 4. The van der Waals surface area contributed by atoms with Gasteiger partial charge in [-0.2, -0.15) is 4.31 Å². The second-order valence-corrected chi connectivity index (χ2v) is 35.3. The molecule has 0 aliphatic carbocycles. The van der Waals surface area contributed by atoms with Crippen LogP contribution < -0.4 is 19.5 Å². The Morgan fingerprint density at radius 1 is 0.529 bits per heavy atom. The number of amides is 1. The third-order valence-electron chi connectivity index (χ3n) is 17.5. The maximum Gasteiger partial charge on any atom is 0.409 e. The van der Waals surface area contributed by atoms with Crippen LogP contribution in [0.3, 0.4) is 0 Å². The van der Waals surface area contributed by atoms with Crippen molar-refractivity contribution >= 4 is 49.1 Å². The van der Waals surface area contributed by atoms with Gasteiger partial charge < -0.3 is 19.9 Å². The molecular formula is C69H119N7O7S4. The van der Waals surface area contributed by atoms with Gasteiger partial charge in [-0.1, -0.05) is 133 Å². The molecule has 87 heavy (non-hydrogen) atoms. The molecule has 15 atom stereocenters. The van der Waals surface area contributed by atoms with Gasteiger partial charge in [-0.3, -0.25) is 0 Å². The fourth-order valence-electron chi connectivity index (χ4n) is 13.2. The zero-order valence-electron chi connectivity index (χ0n) is 56.9. The Kier molecular flexibility index (Phi) is 32.0. The largest absolute Gasteiger partial charge is 0.453 e. The van der Waals surface area contributed by atoms with Gasteiger partial charge in [0.2, 0.25) is 10.0 Å². The molecule has 6 aliphatic rings. The molecule has 0 saturated carbocycles. The summed E-state index contributed by atoms with van der Waals surface area (Å²) >= 11 is 0. The summed E-state index contributed by atoms with van der Waals surface area (Å²) in [6.45, 7) is 30.6. The van der Waals surface area contributed by atoms with E-state index in [4.69, 9.17) is 4.74 Å². The molecular weight excluding hydrogens is 1170 g/mol. The average Bonchev–Trinajstić information content (AvgIpc) is 1.83. The van der Waals surface area contributed by atoms with E-state index in [9.17, 15) is 25.8 Å². The Labute approximate surface area is 537 Å². The van der Waals surface area contributed by atoms with Crippen LogP contribution in [0, 0.1) is 17.8 Å². The molecule has 1 amide bonds. The quantitative estimate of drug-likeness (QED) is 0.0912. The molecule has 496 valence electrons. The lowest BCUT2D eigenvalue weighted by Crippen LogP contribution is -2.53. The highest BCUT2D eigenvalue weighted by Crippen LogP contribution is 2.44. The molecule has 3 aromatic carbocycles. The third-order valence-corrected chi connectivity index (χ3v) is 24.4. The number of carbonyl (C=O) groups is 1. The van der Waals surface area contributed by atoms with E-state index in [1.54, 1.807) is 0 Å². The van der Waals surface area contributed by atoms with Crippen LogP contribution in [0.5, 0.6) is 0 Å². The Bertz CT molecular complexity index is 2590. The molecule has 4 N–H and O–H groups in total. The molecule has 6 saturated heterocycles. The number of rotatable bonds is 19. The lowest BCUT2D eigenvalue weighted by molar-refractivity contribution is 0.0651. The number of hydrogen-bond acceptors (Lipinski definition) is 9. The van der Waals surface area contributed by atoms with E-state index in [0.717, 1.165) is 70.6 Å². The van der Waals surface area contributed by atoms with Crippen LogP contribution in [-0.4, -0.2) is 143 Å². The molecule has 3 unspecified atom stereocenters. The summed E-state index contributed by atoms with van der Waals surface area (Å²) in [5, 5.41) is 3.72. The predicted octanol–water partition coefficient (Wildman–Crippen LogP) is 12.7. The number of methoxy groups -OCH3 is 1. The first-order valence-corrected chi connectivity index (χ1v) is 38.2. The molecule has 18 heteroatoms. The van der Waals surface area contributed by atoms with Gasteiger partial charge in [-0.15, -0.1) is 0 Å². The number of piperidine rings is 3. The number of benzene rings is 3. The summed E-state index contributed by atoms with van der Waals surface area (Å²) in [5.74, 6) is 1.50. The van der Waals surface area contributed by atoms with E-state index in [1.807, 2.05) is 156 Å². The smallest absolute Gasteiger partial charge is 0.409 e. The number of ether oxygens (including phenoxy) is 1. The van der Waals surface area contributed by atoms with Gasteiger partial charge in [0.1, 0.15) is 0 Å². The van der Waals surface area contributed by atoms with Crippen molar-refractivity contribution in [2.45, 2.75) is 269 Å². The molecule has 6 heterocycles. The van der Waals surface area contributed by atoms with Crippen molar-refractivity contribution in [2.24, 2.45) is 17.8 Å². The van der Waals surface area contributed by atoms with Crippen LogP contribution >= 0.6 is 0 Å². The molecule has 6 fully saturated rings. The summed E-state index contributed by atoms with van der Waals surface area (Å²) < 4.78 is 80.9. The molecule has 0 aromatic heterocycles. The number of nitrogens with zero attached hydrogens (tertiary/aromatic N) is 3. The first-order chi connectivity index (χ1) is 41.2. The fraction of sp³-hybridized carbons (Fsp3) is 0.725. The minimum Gasteiger partial charge on any atom is -0.453 e. The van der Waals surface area contributed by atoms with Crippen LogP contribution in [0.4, 0.5) is 4.79 Å². The summed E-state index contributed by atoms with van der Waals surface area (Å²) in [5.41, 5.74) is 3.81. The second kappa shape index (κ2) is 36.4. The van der Waals surface area contributed by atoms with Gasteiger partial charge in [0.25, 0.3) is 0 Å². The minimum atomic E-state index is -3.26. The highest BCUT2D eigenvalue weighted by molar-refractivity contribution is 7.89. The average molecular weight is 1290 g/mol. The Balaban J connectivity index is 0.000000270. The molecule has 14 nitrogen and oxygen atoms in total. The van der Waals surface area contributed by atoms with Crippen molar-refractivity contribution < 1.29 is 30.6 Å². The van der Waals surface area contributed by atoms with Gasteiger partial charge >= 0.3 is 6.09 Å². The van der Waals surface area contributed by atoms with Crippen LogP contribution in [0.25, 0.3) is 0 Å². The zero-order chi connectivity index (χ0) is 64.9. The maximum absolute atomic E-state index is 13.1. The van der Waals surface area contributed by atoms with Crippen LogP contribution in [0.2, 0.25) is 0 Å². The number of carbonyl (C=O) groups excluding carboxylic acids is 1. The molecule has 9 rings (SSSR count). The van der Waals surface area contributed by atoms with E-state index in [1.165, 1.54) is 49.5 Å². The summed E-state index contributed by atoms with van der Waals surface area (Å²) in [6.07, 6.45) is 15.0. The SMILES string of the molecule is CC.CC.CC.CC(C)(C)[S@](=O)N[C@H](Cc1ccccc1)C1C[C@H]2CC[C@@H](C1)N2.CN(C)CCS(=O)(=O)N1[C@@H]2CC[C@H]1CC([C@@H](Cc1ccccc1)N[S@@](=O)C(C)(C)C)C2.COC(=O)N1[C@@H]2CC[C@H]1CC([C@@H](Cc1ccccc1)N[S@@](=O)C(C)(C)C)C2. The van der Waals surface area contributed by atoms with Crippen molar-refractivity contribution in [3.8, 4) is 0 Å². The first kappa shape index (κ1) is 76.5. The standard InChI is InChI=1S/C23H39N3O3S2.C21H32N2O3S.C19H30N2OS.3C2H6/c1-23(2,3)30(27)24-22(15-18-9-7-6-8-10-18)19-16-20-11-12-21(17-19)26(20)31(28,29)14-13-25(4)5;1-21(2,3)27(25)22-19(12-15-8-6-5-7-9-15)16-13-17-10-11-18(14-16)23(17)20(24)26-4;1-19(2,3)23(22)21-18(11-14-7-5-4-6-8-14)15-12-16-9-10-17(13-15)20-16;3*1-2/h6-10,19-22,24H,11-17H2,1-5H3;5-9,16-19,22H,10-14H2,1-4H3;4-8,15-18,20-21H,9-13H2,1-3H3;3*1-2H3/t19?,20-,21+,22-,30+;16?,17-,18+,19-,27+;15?,16-,17+,18-,23+;;;/m111.../s1. The van der Waals surface area contributed by atoms with Gasteiger partial charge in [-0.05, 0) is 207 Å². The zero-order valence-corrected chi connectivity index (χ0v) is 60.2. The van der Waals surface area contributed by atoms with Gasteiger partial charge in [0.15, 0.2) is 0 Å². The Morgan fingerprint density at radius 3 is 1.13 bits per heavy atom. The predicted molar refractivity (Wildman–Crippen MR) is 369 cm³/mol. The van der Waals surface area contributed by atoms with Gasteiger partial charge in [0, 0.05) is 60.9 Å². The Morgan fingerprint density at radius 2 is 0.828 bits per heavy atom. The summed E-state index contributed by atoms with van der Waals surface area (Å²) in [7, 11) is -1.28. The third kappa shape index (κ3) is 23.6. The first-order valence-electron chi connectivity index (χ1n) is 33.1. The number of sulfonamides is 1. The van der Waals surface area contributed by atoms with E-state index in [0.29, 0.717) is 42.4 Å².